The van der Waals surface area contributed by atoms with Gasteiger partial charge in [-0.15, -0.1) is 0 Å². The summed E-state index contributed by atoms with van der Waals surface area (Å²) in [6.45, 7) is 4.72. The van der Waals surface area contributed by atoms with Crippen molar-refractivity contribution in [2.75, 3.05) is 20.1 Å². The van der Waals surface area contributed by atoms with E-state index in [0.29, 0.717) is 5.57 Å². The van der Waals surface area contributed by atoms with E-state index in [9.17, 15) is 9.18 Å². The molecule has 1 rings (SSSR count). The zero-order valence-corrected chi connectivity index (χ0v) is 8.22. The number of halogens is 1. The third-order valence-corrected chi connectivity index (χ3v) is 2.25. The van der Waals surface area contributed by atoms with Crippen LogP contribution in [0.2, 0.25) is 0 Å². The Morgan fingerprint density at radius 2 is 2.00 bits per heavy atom. The first-order chi connectivity index (χ1) is 6.04. The molecule has 0 aromatic carbocycles. The molecule has 1 heterocycles. The van der Waals surface area contributed by atoms with Gasteiger partial charge in [0.05, 0.1) is 6.04 Å². The number of likely N-dealkylation sites (N-methyl/N-ethyl adjacent to an activating group) is 1. The molecule has 1 saturated heterocycles. The molecule has 1 fully saturated rings. The van der Waals surface area contributed by atoms with Crippen molar-refractivity contribution in [3.8, 4) is 0 Å². The smallest absolute Gasteiger partial charge is 0.282 e. The van der Waals surface area contributed by atoms with Gasteiger partial charge in [0.15, 0.2) is 5.83 Å². The Kier molecular flexibility index (Phi) is 3.03. The van der Waals surface area contributed by atoms with Gasteiger partial charge >= 0.3 is 0 Å². The number of nitrogens with one attached hydrogen (secondary N) is 1. The lowest BCUT2D eigenvalue weighted by atomic mass is 10.1. The second-order valence-corrected chi connectivity index (χ2v) is 3.54. The normalized spacial score (nSPS) is 16.3. The zero-order valence-electron chi connectivity index (χ0n) is 8.22. The lowest BCUT2D eigenvalue weighted by molar-refractivity contribution is -0.130. The molecular formula is C9H15FN2O. The Labute approximate surface area is 77.6 Å². The maximum absolute atomic E-state index is 13.2. The largest absolute Gasteiger partial charge is 0.334 e. The second-order valence-electron chi connectivity index (χ2n) is 3.54. The van der Waals surface area contributed by atoms with Crippen LogP contribution in [0.5, 0.6) is 0 Å². The molecule has 1 aliphatic heterocycles. The van der Waals surface area contributed by atoms with Crippen LogP contribution in [0.25, 0.3) is 0 Å². The molecule has 0 aromatic rings. The Balaban J connectivity index is 2.61. The highest BCUT2D eigenvalue weighted by molar-refractivity contribution is 5.92. The average molecular weight is 186 g/mol. The van der Waals surface area contributed by atoms with Crippen LogP contribution in [0.3, 0.4) is 0 Å². The molecule has 0 atom stereocenters. The fourth-order valence-electron chi connectivity index (χ4n) is 1.08. The highest BCUT2D eigenvalue weighted by Crippen LogP contribution is 2.12. The van der Waals surface area contributed by atoms with E-state index in [-0.39, 0.29) is 6.04 Å². The summed E-state index contributed by atoms with van der Waals surface area (Å²) in [4.78, 5) is 12.8. The van der Waals surface area contributed by atoms with Gasteiger partial charge in [-0.1, -0.05) is 0 Å². The van der Waals surface area contributed by atoms with Gasteiger partial charge in [0.1, 0.15) is 0 Å². The second kappa shape index (κ2) is 3.87. The van der Waals surface area contributed by atoms with Crippen molar-refractivity contribution < 1.29 is 9.18 Å². The fourth-order valence-corrected chi connectivity index (χ4v) is 1.08. The summed E-state index contributed by atoms with van der Waals surface area (Å²) >= 11 is 0. The number of amides is 1. The third-order valence-electron chi connectivity index (χ3n) is 2.25. The first-order valence-electron chi connectivity index (χ1n) is 4.35. The molecule has 0 aliphatic carbocycles. The maximum Gasteiger partial charge on any atom is 0.282 e. The molecular weight excluding hydrogens is 171 g/mol. The van der Waals surface area contributed by atoms with Crippen molar-refractivity contribution in [3.63, 3.8) is 0 Å². The van der Waals surface area contributed by atoms with Crippen LogP contribution in [-0.4, -0.2) is 37.0 Å². The summed E-state index contributed by atoms with van der Waals surface area (Å²) in [5.41, 5.74) is 0.434. The fraction of sp³-hybridized carbons (Fsp3) is 0.667. The van der Waals surface area contributed by atoms with Gasteiger partial charge in [-0.2, -0.15) is 0 Å². The Morgan fingerprint density at radius 3 is 2.31 bits per heavy atom. The van der Waals surface area contributed by atoms with Gasteiger partial charge in [-0.25, -0.2) is 4.39 Å². The molecule has 0 saturated carbocycles. The zero-order chi connectivity index (χ0) is 10.0. The van der Waals surface area contributed by atoms with Crippen LogP contribution in [-0.2, 0) is 4.79 Å². The first kappa shape index (κ1) is 10.2. The van der Waals surface area contributed by atoms with Gasteiger partial charge < -0.3 is 10.2 Å². The van der Waals surface area contributed by atoms with Crippen LogP contribution in [0, 0.1) is 0 Å². The quantitative estimate of drug-likeness (QED) is 0.643. The summed E-state index contributed by atoms with van der Waals surface area (Å²) in [6, 6.07) is 0.151. The minimum Gasteiger partial charge on any atom is -0.334 e. The molecule has 0 unspecified atom stereocenters. The summed E-state index contributed by atoms with van der Waals surface area (Å²) in [5.74, 6) is -1.14. The van der Waals surface area contributed by atoms with Crippen LogP contribution < -0.4 is 5.32 Å². The predicted octanol–water partition coefficient (Wildman–Crippen LogP) is 0.680. The van der Waals surface area contributed by atoms with E-state index in [0.717, 1.165) is 13.1 Å². The number of allylic oxidation sites excluding steroid dienone is 1. The van der Waals surface area contributed by atoms with Gasteiger partial charge in [-0.05, 0) is 19.4 Å². The minimum absolute atomic E-state index is 0.151. The standard InChI is InChI=1S/C9H15FN2O/c1-6(2)8(10)9(13)12(3)7-4-11-5-7/h7,11H,4-5H2,1-3H3. The molecule has 74 valence electrons. The van der Waals surface area contributed by atoms with E-state index < -0.39 is 11.7 Å². The molecule has 0 radical (unpaired) electrons. The Hall–Kier alpha value is -0.900. The summed E-state index contributed by atoms with van der Waals surface area (Å²) in [6.07, 6.45) is 0. The summed E-state index contributed by atoms with van der Waals surface area (Å²) in [7, 11) is 1.64. The number of carbonyl (C=O) groups is 1. The lowest BCUT2D eigenvalue weighted by Crippen LogP contribution is -2.57. The summed E-state index contributed by atoms with van der Waals surface area (Å²) < 4.78 is 13.2. The molecule has 1 amide bonds. The lowest BCUT2D eigenvalue weighted by Gasteiger charge is -2.35. The third kappa shape index (κ3) is 2.06. The van der Waals surface area contributed by atoms with Crippen molar-refractivity contribution in [2.45, 2.75) is 19.9 Å². The van der Waals surface area contributed by atoms with Crippen LogP contribution in [0.4, 0.5) is 4.39 Å². The van der Waals surface area contributed by atoms with Crippen molar-refractivity contribution >= 4 is 5.91 Å². The molecule has 1 aliphatic rings. The van der Waals surface area contributed by atoms with E-state index in [1.54, 1.807) is 20.9 Å². The van der Waals surface area contributed by atoms with Gasteiger partial charge in [0.2, 0.25) is 0 Å². The maximum atomic E-state index is 13.2. The SMILES string of the molecule is CC(C)=C(F)C(=O)N(C)C1CNC1. The number of hydrogen-bond acceptors (Lipinski definition) is 2. The van der Waals surface area contributed by atoms with Crippen molar-refractivity contribution in [1.29, 1.82) is 0 Å². The number of nitrogens with zero attached hydrogens (tertiary/aromatic N) is 1. The highest BCUT2D eigenvalue weighted by Gasteiger charge is 2.27. The van der Waals surface area contributed by atoms with E-state index >= 15 is 0 Å². The number of carbonyl (C=O) groups excluding carboxylic acids is 1. The highest BCUT2D eigenvalue weighted by atomic mass is 19.1. The number of rotatable bonds is 2. The molecule has 0 spiro atoms. The molecule has 0 aromatic heterocycles. The Morgan fingerprint density at radius 1 is 1.46 bits per heavy atom. The predicted molar refractivity (Wildman–Crippen MR) is 48.9 cm³/mol. The van der Waals surface area contributed by atoms with E-state index in [2.05, 4.69) is 5.32 Å². The average Bonchev–Trinajstić information content (AvgIpc) is 1.98. The van der Waals surface area contributed by atoms with Crippen LogP contribution >= 0.6 is 0 Å². The molecule has 4 heteroatoms. The van der Waals surface area contributed by atoms with Crippen LogP contribution in [0.1, 0.15) is 13.8 Å². The van der Waals surface area contributed by atoms with Crippen molar-refractivity contribution in [2.24, 2.45) is 0 Å². The van der Waals surface area contributed by atoms with E-state index in [4.69, 9.17) is 0 Å². The van der Waals surface area contributed by atoms with Gasteiger partial charge in [0, 0.05) is 20.1 Å². The Bertz CT molecular complexity index is 242. The summed E-state index contributed by atoms with van der Waals surface area (Å²) in [5, 5.41) is 3.03. The monoisotopic (exact) mass is 186 g/mol. The van der Waals surface area contributed by atoms with E-state index in [1.807, 2.05) is 0 Å². The van der Waals surface area contributed by atoms with Gasteiger partial charge in [-0.3, -0.25) is 4.79 Å². The van der Waals surface area contributed by atoms with E-state index in [1.165, 1.54) is 4.90 Å². The van der Waals surface area contributed by atoms with Crippen molar-refractivity contribution in [3.05, 3.63) is 11.4 Å². The first-order valence-corrected chi connectivity index (χ1v) is 4.35. The number of hydrogen-bond donors (Lipinski definition) is 1. The molecule has 0 bridgehead atoms. The topological polar surface area (TPSA) is 32.3 Å². The molecule has 3 nitrogen and oxygen atoms in total. The van der Waals surface area contributed by atoms with Crippen LogP contribution in [0.15, 0.2) is 11.4 Å². The molecule has 1 N–H and O–H groups in total. The molecule has 13 heavy (non-hydrogen) atoms. The van der Waals surface area contributed by atoms with Gasteiger partial charge in [0.25, 0.3) is 5.91 Å². The van der Waals surface area contributed by atoms with Crippen molar-refractivity contribution in [1.82, 2.24) is 10.2 Å². The minimum atomic E-state index is -0.630.